The SMILES string of the molecule is COc1cc([C@H]2C(C#N)=C(N)OC3=C2C(=O)CCC3)c(Br)cc1OCc1ccc(Br)cc1. The molecule has 0 unspecified atom stereocenters. The minimum atomic E-state index is -0.625. The van der Waals surface area contributed by atoms with E-state index < -0.39 is 5.92 Å². The van der Waals surface area contributed by atoms with E-state index in [2.05, 4.69) is 37.9 Å². The molecule has 0 saturated carbocycles. The van der Waals surface area contributed by atoms with Gasteiger partial charge in [-0.2, -0.15) is 5.26 Å². The molecule has 0 spiro atoms. The molecule has 0 amide bonds. The Morgan fingerprint density at radius 2 is 1.94 bits per heavy atom. The van der Waals surface area contributed by atoms with Gasteiger partial charge in [-0.25, -0.2) is 0 Å². The predicted octanol–water partition coefficient (Wildman–Crippen LogP) is 5.61. The van der Waals surface area contributed by atoms with E-state index in [-0.39, 0.29) is 17.2 Å². The maximum absolute atomic E-state index is 12.8. The summed E-state index contributed by atoms with van der Waals surface area (Å²) in [6.07, 6.45) is 1.73. The molecule has 32 heavy (non-hydrogen) atoms. The van der Waals surface area contributed by atoms with Gasteiger partial charge in [0.05, 0.1) is 13.0 Å². The van der Waals surface area contributed by atoms with Crippen LogP contribution in [-0.2, 0) is 16.1 Å². The number of rotatable bonds is 5. The second-order valence-corrected chi connectivity index (χ2v) is 9.25. The second-order valence-electron chi connectivity index (χ2n) is 7.48. The van der Waals surface area contributed by atoms with E-state index >= 15 is 0 Å². The Morgan fingerprint density at radius 3 is 2.62 bits per heavy atom. The number of allylic oxidation sites excluding steroid dienone is 3. The van der Waals surface area contributed by atoms with Crippen LogP contribution in [0.3, 0.4) is 0 Å². The molecule has 1 aliphatic heterocycles. The molecule has 0 fully saturated rings. The Labute approximate surface area is 202 Å². The first kappa shape index (κ1) is 22.4. The van der Waals surface area contributed by atoms with Crippen LogP contribution in [0.2, 0.25) is 0 Å². The number of ether oxygens (including phenoxy) is 3. The summed E-state index contributed by atoms with van der Waals surface area (Å²) in [6, 6.07) is 13.6. The van der Waals surface area contributed by atoms with Gasteiger partial charge < -0.3 is 19.9 Å². The van der Waals surface area contributed by atoms with Crippen molar-refractivity contribution < 1.29 is 19.0 Å². The number of nitrogens with zero attached hydrogens (tertiary/aromatic N) is 1. The number of ketones is 1. The van der Waals surface area contributed by atoms with Crippen LogP contribution in [0.1, 0.15) is 36.3 Å². The Morgan fingerprint density at radius 1 is 1.19 bits per heavy atom. The Hall–Kier alpha value is -2.76. The normalized spacial score (nSPS) is 18.1. The smallest absolute Gasteiger partial charge is 0.205 e. The molecule has 8 heteroatoms. The van der Waals surface area contributed by atoms with Crippen molar-refractivity contribution >= 4 is 37.6 Å². The zero-order valence-electron chi connectivity index (χ0n) is 17.3. The van der Waals surface area contributed by atoms with Crippen molar-refractivity contribution in [2.75, 3.05) is 7.11 Å². The molecule has 2 aromatic carbocycles. The number of carbonyl (C=O) groups excluding carboxylic acids is 1. The molecule has 0 saturated heterocycles. The fourth-order valence-corrected chi connectivity index (χ4v) is 4.77. The van der Waals surface area contributed by atoms with Crippen molar-refractivity contribution in [2.45, 2.75) is 31.8 Å². The van der Waals surface area contributed by atoms with E-state index in [1.54, 1.807) is 19.2 Å². The average molecular weight is 560 g/mol. The van der Waals surface area contributed by atoms with Crippen molar-refractivity contribution in [1.29, 1.82) is 5.26 Å². The summed E-state index contributed by atoms with van der Waals surface area (Å²) in [5, 5.41) is 9.80. The van der Waals surface area contributed by atoms with Crippen LogP contribution in [-0.4, -0.2) is 12.9 Å². The van der Waals surface area contributed by atoms with E-state index in [1.165, 1.54) is 0 Å². The van der Waals surface area contributed by atoms with E-state index in [1.807, 2.05) is 24.3 Å². The minimum Gasteiger partial charge on any atom is -0.493 e. The topological polar surface area (TPSA) is 94.6 Å². The molecule has 4 rings (SSSR count). The molecule has 1 atom stereocenters. The third kappa shape index (κ3) is 4.27. The van der Waals surface area contributed by atoms with Gasteiger partial charge >= 0.3 is 0 Å². The summed E-state index contributed by atoms with van der Waals surface area (Å²) in [5.74, 6) is 0.959. The largest absolute Gasteiger partial charge is 0.493 e. The zero-order valence-corrected chi connectivity index (χ0v) is 20.5. The molecule has 0 radical (unpaired) electrons. The van der Waals surface area contributed by atoms with Gasteiger partial charge in [0, 0.05) is 27.4 Å². The monoisotopic (exact) mass is 558 g/mol. The second kappa shape index (κ2) is 9.39. The third-order valence-electron chi connectivity index (χ3n) is 5.51. The average Bonchev–Trinajstić information content (AvgIpc) is 2.78. The van der Waals surface area contributed by atoms with Crippen LogP contribution < -0.4 is 15.2 Å². The van der Waals surface area contributed by atoms with Crippen LogP contribution in [0.15, 0.2) is 68.1 Å². The molecule has 1 heterocycles. The van der Waals surface area contributed by atoms with Gasteiger partial charge in [-0.05, 0) is 41.8 Å². The minimum absolute atomic E-state index is 0.0297. The van der Waals surface area contributed by atoms with E-state index in [4.69, 9.17) is 19.9 Å². The number of halogens is 2. The number of methoxy groups -OCH3 is 1. The van der Waals surface area contributed by atoms with Gasteiger partial charge in [0.1, 0.15) is 24.0 Å². The van der Waals surface area contributed by atoms with Crippen LogP contribution in [0.4, 0.5) is 0 Å². The lowest BCUT2D eigenvalue weighted by atomic mass is 9.77. The van der Waals surface area contributed by atoms with E-state index in [0.29, 0.717) is 58.7 Å². The number of hydrogen-bond acceptors (Lipinski definition) is 6. The molecule has 2 aromatic rings. The summed E-state index contributed by atoms with van der Waals surface area (Å²) < 4.78 is 18.9. The molecule has 6 nitrogen and oxygen atoms in total. The standard InChI is InChI=1S/C24H20Br2N2O4/c1-30-20-9-15(17(26)10-21(20)31-12-13-5-7-14(25)8-6-13)22-16(11-27)24(28)32-19-4-2-3-18(29)23(19)22/h5-10,22H,2-4,12,28H2,1H3/t22-/m0/s1. The molecule has 0 aromatic heterocycles. The van der Waals surface area contributed by atoms with Gasteiger partial charge in [-0.15, -0.1) is 0 Å². The first-order valence-corrected chi connectivity index (χ1v) is 11.6. The van der Waals surface area contributed by atoms with E-state index in [0.717, 1.165) is 10.0 Å². The maximum Gasteiger partial charge on any atom is 0.205 e. The fraction of sp³-hybridized carbons (Fsp3) is 0.250. The summed E-state index contributed by atoms with van der Waals surface area (Å²) in [4.78, 5) is 12.8. The number of benzene rings is 2. The summed E-state index contributed by atoms with van der Waals surface area (Å²) in [6.45, 7) is 0.358. The quantitative estimate of drug-likeness (QED) is 0.511. The number of hydrogen-bond donors (Lipinski definition) is 1. The lowest BCUT2D eigenvalue weighted by Crippen LogP contribution is -2.27. The maximum atomic E-state index is 12.8. The van der Waals surface area contributed by atoms with Crippen molar-refractivity contribution in [1.82, 2.24) is 0 Å². The van der Waals surface area contributed by atoms with Crippen molar-refractivity contribution in [3.05, 3.63) is 79.3 Å². The molecule has 2 N–H and O–H groups in total. The lowest BCUT2D eigenvalue weighted by molar-refractivity contribution is -0.116. The number of nitrogens with two attached hydrogens (primary N) is 1. The highest BCUT2D eigenvalue weighted by molar-refractivity contribution is 9.10. The highest BCUT2D eigenvalue weighted by Gasteiger charge is 2.39. The summed E-state index contributed by atoms with van der Waals surface area (Å²) in [7, 11) is 1.55. The number of nitriles is 1. The third-order valence-corrected chi connectivity index (χ3v) is 6.72. The van der Waals surface area contributed by atoms with Crippen molar-refractivity contribution in [3.63, 3.8) is 0 Å². The fourth-order valence-electron chi connectivity index (χ4n) is 3.95. The van der Waals surface area contributed by atoms with Crippen molar-refractivity contribution in [2.24, 2.45) is 5.73 Å². The molecular weight excluding hydrogens is 540 g/mol. The molecule has 2 aliphatic rings. The number of Topliss-reactive ketones (excluding diaryl/α,β-unsaturated/α-hetero) is 1. The van der Waals surface area contributed by atoms with Gasteiger partial charge in [-0.3, -0.25) is 4.79 Å². The lowest BCUT2D eigenvalue weighted by Gasteiger charge is -2.31. The van der Waals surface area contributed by atoms with Gasteiger partial charge in [-0.1, -0.05) is 44.0 Å². The zero-order chi connectivity index (χ0) is 22.8. The van der Waals surface area contributed by atoms with Crippen LogP contribution in [0, 0.1) is 11.3 Å². The van der Waals surface area contributed by atoms with Crippen LogP contribution in [0.5, 0.6) is 11.5 Å². The van der Waals surface area contributed by atoms with Gasteiger partial charge in [0.25, 0.3) is 0 Å². The number of carbonyl (C=O) groups is 1. The Balaban J connectivity index is 1.73. The Kier molecular flexibility index (Phi) is 6.58. The molecular formula is C24H20Br2N2O4. The van der Waals surface area contributed by atoms with E-state index in [9.17, 15) is 10.1 Å². The summed E-state index contributed by atoms with van der Waals surface area (Å²) in [5.41, 5.74) is 8.47. The highest BCUT2D eigenvalue weighted by Crippen LogP contribution is 2.47. The van der Waals surface area contributed by atoms with Crippen LogP contribution >= 0.6 is 31.9 Å². The van der Waals surface area contributed by atoms with Crippen LogP contribution in [0.25, 0.3) is 0 Å². The Bertz CT molecular complexity index is 1180. The first-order valence-electron chi connectivity index (χ1n) is 10.0. The van der Waals surface area contributed by atoms with Gasteiger partial charge in [0.15, 0.2) is 17.3 Å². The van der Waals surface area contributed by atoms with Crippen molar-refractivity contribution in [3.8, 4) is 17.6 Å². The highest BCUT2D eigenvalue weighted by atomic mass is 79.9. The molecule has 1 aliphatic carbocycles. The first-order chi connectivity index (χ1) is 15.4. The molecule has 164 valence electrons. The summed E-state index contributed by atoms with van der Waals surface area (Å²) >= 11 is 7.03. The predicted molar refractivity (Wildman–Crippen MR) is 126 cm³/mol. The molecule has 0 bridgehead atoms. The van der Waals surface area contributed by atoms with Gasteiger partial charge in [0.2, 0.25) is 5.88 Å².